The van der Waals surface area contributed by atoms with E-state index in [0.717, 1.165) is 0 Å². The van der Waals surface area contributed by atoms with Crippen molar-refractivity contribution in [3.8, 4) is 0 Å². The second kappa shape index (κ2) is 5.03. The minimum absolute atomic E-state index is 0.0178. The molecule has 96 valence electrons. The quantitative estimate of drug-likeness (QED) is 0.687. The number of nitrogens with two attached hydrogens (primary N) is 1. The number of aryl methyl sites for hydroxylation is 1. The van der Waals surface area contributed by atoms with E-state index >= 15 is 0 Å². The lowest BCUT2D eigenvalue weighted by Crippen LogP contribution is -2.31. The Morgan fingerprint density at radius 3 is 2.53 bits per heavy atom. The predicted octanol–water partition coefficient (Wildman–Crippen LogP) is 0.545. The summed E-state index contributed by atoms with van der Waals surface area (Å²) < 4.78 is 26.5. The van der Waals surface area contributed by atoms with E-state index in [9.17, 15) is 8.42 Å². The molecule has 0 aliphatic heterocycles. The van der Waals surface area contributed by atoms with Crippen LogP contribution in [0.4, 0.5) is 5.69 Å². The zero-order valence-electron chi connectivity index (χ0n) is 10.2. The largest absolute Gasteiger partial charge is 0.398 e. The molecule has 0 amide bonds. The molecule has 1 atom stereocenters. The minimum Gasteiger partial charge on any atom is -0.398 e. The third kappa shape index (κ3) is 3.18. The molecule has 0 radical (unpaired) electrons. The van der Waals surface area contributed by atoms with Crippen LogP contribution in [0.5, 0.6) is 0 Å². The molecule has 0 unspecified atom stereocenters. The monoisotopic (exact) mass is 258 g/mol. The molecule has 0 aromatic heterocycles. The van der Waals surface area contributed by atoms with Crippen molar-refractivity contribution >= 4 is 15.7 Å². The van der Waals surface area contributed by atoms with Crippen molar-refractivity contribution in [2.24, 2.45) is 0 Å². The standard InChI is InChI=1S/C11H18N2O3S/c1-7-4-5-10(12)9(3)11(7)17(15,16)13-6-8(2)14/h4-5,8,13-14H,6,12H2,1-3H3/t8-/m1/s1. The number of aliphatic hydroxyl groups is 1. The third-order valence-electron chi connectivity index (χ3n) is 2.48. The second-order valence-electron chi connectivity index (χ2n) is 4.13. The molecule has 0 spiro atoms. The fourth-order valence-electron chi connectivity index (χ4n) is 1.56. The Labute approximate surface area is 102 Å². The maximum atomic E-state index is 12.1. The van der Waals surface area contributed by atoms with E-state index in [1.165, 1.54) is 6.92 Å². The van der Waals surface area contributed by atoms with E-state index in [1.54, 1.807) is 26.0 Å². The van der Waals surface area contributed by atoms with Crippen LogP contribution in [0.2, 0.25) is 0 Å². The highest BCUT2D eigenvalue weighted by Gasteiger charge is 2.20. The van der Waals surface area contributed by atoms with Gasteiger partial charge >= 0.3 is 0 Å². The van der Waals surface area contributed by atoms with Crippen molar-refractivity contribution in [2.45, 2.75) is 31.8 Å². The van der Waals surface area contributed by atoms with Gasteiger partial charge in [-0.1, -0.05) is 6.07 Å². The summed E-state index contributed by atoms with van der Waals surface area (Å²) in [6.45, 7) is 4.88. The van der Waals surface area contributed by atoms with Crippen molar-refractivity contribution in [2.75, 3.05) is 12.3 Å². The van der Waals surface area contributed by atoms with Gasteiger partial charge in [0.05, 0.1) is 11.0 Å². The van der Waals surface area contributed by atoms with Crippen molar-refractivity contribution in [1.82, 2.24) is 4.72 Å². The first-order chi connectivity index (χ1) is 7.75. The highest BCUT2D eigenvalue weighted by molar-refractivity contribution is 7.89. The van der Waals surface area contributed by atoms with Crippen LogP contribution in [-0.2, 0) is 10.0 Å². The molecule has 5 nitrogen and oxygen atoms in total. The normalized spacial score (nSPS) is 13.6. The average Bonchev–Trinajstić information content (AvgIpc) is 2.21. The number of nitrogen functional groups attached to an aromatic ring is 1. The molecule has 0 aliphatic carbocycles. The van der Waals surface area contributed by atoms with Crippen molar-refractivity contribution in [1.29, 1.82) is 0 Å². The summed E-state index contributed by atoms with van der Waals surface area (Å²) in [5, 5.41) is 9.10. The van der Waals surface area contributed by atoms with Gasteiger partial charge in [0, 0.05) is 12.2 Å². The van der Waals surface area contributed by atoms with Crippen LogP contribution in [-0.4, -0.2) is 26.2 Å². The number of benzene rings is 1. The molecule has 1 aromatic rings. The van der Waals surface area contributed by atoms with E-state index in [-0.39, 0.29) is 11.4 Å². The molecule has 0 saturated carbocycles. The minimum atomic E-state index is -3.63. The first-order valence-corrected chi connectivity index (χ1v) is 6.77. The SMILES string of the molecule is Cc1ccc(N)c(C)c1S(=O)(=O)NC[C@@H](C)O. The number of rotatable bonds is 4. The van der Waals surface area contributed by atoms with Crippen LogP contribution in [0.25, 0.3) is 0 Å². The van der Waals surface area contributed by atoms with Crippen LogP contribution in [0, 0.1) is 13.8 Å². The van der Waals surface area contributed by atoms with Crippen LogP contribution in [0.15, 0.2) is 17.0 Å². The fraction of sp³-hybridized carbons (Fsp3) is 0.455. The van der Waals surface area contributed by atoms with Gasteiger partial charge in [0.1, 0.15) is 0 Å². The fourth-order valence-corrected chi connectivity index (χ4v) is 3.18. The molecule has 4 N–H and O–H groups in total. The Kier molecular flexibility index (Phi) is 4.13. The molecular formula is C11H18N2O3S. The maximum absolute atomic E-state index is 12.1. The molecule has 6 heteroatoms. The van der Waals surface area contributed by atoms with Gasteiger partial charge in [-0.25, -0.2) is 13.1 Å². The van der Waals surface area contributed by atoms with E-state index in [4.69, 9.17) is 10.8 Å². The molecule has 1 rings (SSSR count). The Morgan fingerprint density at radius 1 is 1.41 bits per heavy atom. The summed E-state index contributed by atoms with van der Waals surface area (Å²) in [6.07, 6.45) is -0.730. The van der Waals surface area contributed by atoms with Gasteiger partial charge in [-0.3, -0.25) is 0 Å². The summed E-state index contributed by atoms with van der Waals surface area (Å²) in [5.41, 5.74) is 7.30. The van der Waals surface area contributed by atoms with Gasteiger partial charge in [0.25, 0.3) is 0 Å². The lowest BCUT2D eigenvalue weighted by molar-refractivity contribution is 0.198. The van der Waals surface area contributed by atoms with Crippen molar-refractivity contribution < 1.29 is 13.5 Å². The Morgan fingerprint density at radius 2 is 2.00 bits per heavy atom. The number of nitrogens with one attached hydrogen (secondary N) is 1. The topological polar surface area (TPSA) is 92.4 Å². The van der Waals surface area contributed by atoms with Crippen LogP contribution < -0.4 is 10.5 Å². The molecule has 0 heterocycles. The summed E-state index contributed by atoms with van der Waals surface area (Å²) in [7, 11) is -3.63. The first kappa shape index (κ1) is 14.0. The summed E-state index contributed by atoms with van der Waals surface area (Å²) in [4.78, 5) is 0.193. The molecule has 0 aliphatic rings. The Hall–Kier alpha value is -1.11. The second-order valence-corrected chi connectivity index (χ2v) is 5.83. The van der Waals surface area contributed by atoms with Crippen molar-refractivity contribution in [3.05, 3.63) is 23.3 Å². The smallest absolute Gasteiger partial charge is 0.241 e. The highest BCUT2D eigenvalue weighted by atomic mass is 32.2. The zero-order valence-corrected chi connectivity index (χ0v) is 11.0. The number of hydrogen-bond donors (Lipinski definition) is 3. The highest BCUT2D eigenvalue weighted by Crippen LogP contribution is 2.24. The molecule has 0 fully saturated rings. The summed E-state index contributed by atoms with van der Waals surface area (Å²) in [5.74, 6) is 0. The molecule has 0 bridgehead atoms. The Balaban J connectivity index is 3.19. The number of hydrogen-bond acceptors (Lipinski definition) is 4. The molecule has 17 heavy (non-hydrogen) atoms. The zero-order chi connectivity index (χ0) is 13.2. The maximum Gasteiger partial charge on any atom is 0.241 e. The van der Waals surface area contributed by atoms with E-state index in [0.29, 0.717) is 16.8 Å². The number of anilines is 1. The van der Waals surface area contributed by atoms with Gasteiger partial charge in [0.15, 0.2) is 0 Å². The third-order valence-corrected chi connectivity index (χ3v) is 4.19. The lowest BCUT2D eigenvalue weighted by atomic mass is 10.1. The van der Waals surface area contributed by atoms with Gasteiger partial charge < -0.3 is 10.8 Å². The van der Waals surface area contributed by atoms with Gasteiger partial charge in [0.2, 0.25) is 10.0 Å². The molecular weight excluding hydrogens is 240 g/mol. The Bertz CT molecular complexity index is 510. The van der Waals surface area contributed by atoms with E-state index in [2.05, 4.69) is 4.72 Å². The number of sulfonamides is 1. The van der Waals surface area contributed by atoms with Crippen LogP contribution in [0.1, 0.15) is 18.1 Å². The lowest BCUT2D eigenvalue weighted by Gasteiger charge is -2.14. The van der Waals surface area contributed by atoms with Crippen LogP contribution >= 0.6 is 0 Å². The first-order valence-electron chi connectivity index (χ1n) is 5.29. The van der Waals surface area contributed by atoms with E-state index in [1.807, 2.05) is 0 Å². The number of aliphatic hydroxyl groups excluding tert-OH is 1. The summed E-state index contributed by atoms with van der Waals surface area (Å²) >= 11 is 0. The molecule has 1 aromatic carbocycles. The molecule has 0 saturated heterocycles. The van der Waals surface area contributed by atoms with Crippen LogP contribution in [0.3, 0.4) is 0 Å². The van der Waals surface area contributed by atoms with Gasteiger partial charge in [-0.15, -0.1) is 0 Å². The van der Waals surface area contributed by atoms with Gasteiger partial charge in [-0.2, -0.15) is 0 Å². The van der Waals surface area contributed by atoms with E-state index < -0.39 is 16.1 Å². The summed E-state index contributed by atoms with van der Waals surface area (Å²) in [6, 6.07) is 3.34. The van der Waals surface area contributed by atoms with Gasteiger partial charge in [-0.05, 0) is 38.0 Å². The average molecular weight is 258 g/mol. The predicted molar refractivity (Wildman–Crippen MR) is 67.2 cm³/mol. The van der Waals surface area contributed by atoms with Crippen molar-refractivity contribution in [3.63, 3.8) is 0 Å².